The van der Waals surface area contributed by atoms with Crippen molar-refractivity contribution in [3.63, 3.8) is 0 Å². The van der Waals surface area contributed by atoms with Crippen LogP contribution in [0.3, 0.4) is 0 Å². The Kier molecular flexibility index (Phi) is 5.24. The summed E-state index contributed by atoms with van der Waals surface area (Å²) in [6.07, 6.45) is -0.117. The highest BCUT2D eigenvalue weighted by Gasteiger charge is 2.21. The van der Waals surface area contributed by atoms with E-state index in [4.69, 9.17) is 10.2 Å². The predicted molar refractivity (Wildman–Crippen MR) is 64.7 cm³/mol. The number of rotatable bonds is 5. The molecule has 18 heavy (non-hydrogen) atoms. The Balaban J connectivity index is 2.86. The molecule has 1 aromatic rings. The normalized spacial score (nSPS) is 11.9. The molecule has 0 aromatic heterocycles. The highest BCUT2D eigenvalue weighted by molar-refractivity contribution is 9.10. The number of aliphatic hydroxyl groups is 1. The highest BCUT2D eigenvalue weighted by atomic mass is 79.9. The Labute approximate surface area is 111 Å². The van der Waals surface area contributed by atoms with E-state index in [9.17, 15) is 14.0 Å². The summed E-state index contributed by atoms with van der Waals surface area (Å²) >= 11 is 3.07. The minimum Gasteiger partial charge on any atom is -0.480 e. The van der Waals surface area contributed by atoms with E-state index in [1.807, 2.05) is 0 Å². The first-order valence-corrected chi connectivity index (χ1v) is 5.84. The van der Waals surface area contributed by atoms with Gasteiger partial charge in [-0.2, -0.15) is 0 Å². The van der Waals surface area contributed by atoms with Crippen LogP contribution in [-0.4, -0.2) is 34.7 Å². The number of aliphatic hydroxyl groups excluding tert-OH is 1. The molecule has 0 spiro atoms. The number of hydrogen-bond acceptors (Lipinski definition) is 3. The van der Waals surface area contributed by atoms with Crippen molar-refractivity contribution in [1.82, 2.24) is 5.32 Å². The lowest BCUT2D eigenvalue weighted by Gasteiger charge is -2.13. The zero-order valence-corrected chi connectivity index (χ0v) is 10.8. The number of benzene rings is 1. The molecule has 1 amide bonds. The van der Waals surface area contributed by atoms with Gasteiger partial charge in [-0.25, -0.2) is 9.18 Å². The molecule has 98 valence electrons. The van der Waals surface area contributed by atoms with E-state index in [-0.39, 0.29) is 18.6 Å². The van der Waals surface area contributed by atoms with Crippen molar-refractivity contribution in [3.05, 3.63) is 34.1 Å². The standard InChI is InChI=1S/C11H11BrFNO4/c12-8-2-1-6(13)5-7(8)10(16)14-9(3-4-15)11(17)18/h1-2,5,9,15H,3-4H2,(H,14,16)(H,17,18)/t9-/m1/s1. The first kappa shape index (κ1) is 14.6. The fourth-order valence-electron chi connectivity index (χ4n) is 1.29. The Morgan fingerprint density at radius 2 is 2.11 bits per heavy atom. The fourth-order valence-corrected chi connectivity index (χ4v) is 1.72. The number of carbonyl (C=O) groups excluding carboxylic acids is 1. The number of carboxylic acid groups (broad SMARTS) is 1. The van der Waals surface area contributed by atoms with Gasteiger partial charge in [0.2, 0.25) is 0 Å². The van der Waals surface area contributed by atoms with Gasteiger partial charge < -0.3 is 15.5 Å². The van der Waals surface area contributed by atoms with Crippen molar-refractivity contribution in [1.29, 1.82) is 0 Å². The lowest BCUT2D eigenvalue weighted by Crippen LogP contribution is -2.41. The van der Waals surface area contributed by atoms with Crippen molar-refractivity contribution < 1.29 is 24.2 Å². The van der Waals surface area contributed by atoms with E-state index >= 15 is 0 Å². The Morgan fingerprint density at radius 1 is 1.44 bits per heavy atom. The second-order valence-electron chi connectivity index (χ2n) is 3.50. The number of halogens is 2. The summed E-state index contributed by atoms with van der Waals surface area (Å²) < 4.78 is 13.4. The molecule has 0 saturated heterocycles. The summed E-state index contributed by atoms with van der Waals surface area (Å²) in [6, 6.07) is 2.31. The summed E-state index contributed by atoms with van der Waals surface area (Å²) in [5.41, 5.74) is -0.000750. The van der Waals surface area contributed by atoms with Crippen molar-refractivity contribution in [2.45, 2.75) is 12.5 Å². The van der Waals surface area contributed by atoms with E-state index in [1.54, 1.807) is 0 Å². The van der Waals surface area contributed by atoms with Crippen LogP contribution in [0.2, 0.25) is 0 Å². The molecule has 0 bridgehead atoms. The zero-order chi connectivity index (χ0) is 13.7. The lowest BCUT2D eigenvalue weighted by molar-refractivity contribution is -0.139. The van der Waals surface area contributed by atoms with Crippen LogP contribution in [0, 0.1) is 5.82 Å². The molecule has 1 rings (SSSR count). The molecule has 3 N–H and O–H groups in total. The zero-order valence-electron chi connectivity index (χ0n) is 9.19. The molecule has 1 atom stereocenters. The monoisotopic (exact) mass is 319 g/mol. The Morgan fingerprint density at radius 3 is 2.67 bits per heavy atom. The Bertz CT molecular complexity index is 466. The second-order valence-corrected chi connectivity index (χ2v) is 4.36. The highest BCUT2D eigenvalue weighted by Crippen LogP contribution is 2.17. The largest absolute Gasteiger partial charge is 0.480 e. The van der Waals surface area contributed by atoms with Crippen LogP contribution in [0.5, 0.6) is 0 Å². The Hall–Kier alpha value is -1.47. The third-order valence-electron chi connectivity index (χ3n) is 2.19. The molecule has 0 aliphatic rings. The van der Waals surface area contributed by atoms with Crippen LogP contribution < -0.4 is 5.32 Å². The predicted octanol–water partition coefficient (Wildman–Crippen LogP) is 1.15. The summed E-state index contributed by atoms with van der Waals surface area (Å²) in [5, 5.41) is 19.7. The summed E-state index contributed by atoms with van der Waals surface area (Å²) in [7, 11) is 0. The third-order valence-corrected chi connectivity index (χ3v) is 2.89. The molecule has 0 fully saturated rings. The van der Waals surface area contributed by atoms with Gasteiger partial charge in [0.1, 0.15) is 11.9 Å². The van der Waals surface area contributed by atoms with Crippen LogP contribution in [0.4, 0.5) is 4.39 Å². The maximum Gasteiger partial charge on any atom is 0.326 e. The third kappa shape index (κ3) is 3.78. The second kappa shape index (κ2) is 6.46. The van der Waals surface area contributed by atoms with E-state index in [0.29, 0.717) is 4.47 Å². The first-order valence-electron chi connectivity index (χ1n) is 5.05. The summed E-state index contributed by atoms with van der Waals surface area (Å²) in [4.78, 5) is 22.6. The van der Waals surface area contributed by atoms with E-state index in [1.165, 1.54) is 12.1 Å². The van der Waals surface area contributed by atoms with Gasteiger partial charge in [-0.05, 0) is 34.1 Å². The summed E-state index contributed by atoms with van der Waals surface area (Å²) in [6.45, 7) is -0.373. The minimum absolute atomic E-state index is 0.000750. The maximum absolute atomic E-state index is 13.0. The summed E-state index contributed by atoms with van der Waals surface area (Å²) in [5.74, 6) is -2.58. The van der Waals surface area contributed by atoms with Crippen LogP contribution >= 0.6 is 15.9 Å². The van der Waals surface area contributed by atoms with Gasteiger partial charge in [-0.3, -0.25) is 4.79 Å². The van der Waals surface area contributed by atoms with Gasteiger partial charge in [0.05, 0.1) is 5.56 Å². The number of aliphatic carboxylic acids is 1. The quantitative estimate of drug-likeness (QED) is 0.760. The van der Waals surface area contributed by atoms with Crippen molar-refractivity contribution in [3.8, 4) is 0 Å². The van der Waals surface area contributed by atoms with Crippen molar-refractivity contribution in [2.24, 2.45) is 0 Å². The number of carbonyl (C=O) groups is 2. The molecule has 0 aliphatic heterocycles. The van der Waals surface area contributed by atoms with Crippen LogP contribution in [0.25, 0.3) is 0 Å². The van der Waals surface area contributed by atoms with Gasteiger partial charge in [0.15, 0.2) is 0 Å². The van der Waals surface area contributed by atoms with Crippen LogP contribution in [0.15, 0.2) is 22.7 Å². The molecular formula is C11H11BrFNO4. The van der Waals surface area contributed by atoms with Crippen LogP contribution in [-0.2, 0) is 4.79 Å². The van der Waals surface area contributed by atoms with Gasteiger partial charge in [-0.15, -0.1) is 0 Å². The number of nitrogens with one attached hydrogen (secondary N) is 1. The molecule has 5 nitrogen and oxygen atoms in total. The smallest absolute Gasteiger partial charge is 0.326 e. The molecule has 0 heterocycles. The number of carboxylic acids is 1. The van der Waals surface area contributed by atoms with Crippen molar-refractivity contribution >= 4 is 27.8 Å². The van der Waals surface area contributed by atoms with E-state index in [0.717, 1.165) is 6.07 Å². The van der Waals surface area contributed by atoms with E-state index in [2.05, 4.69) is 21.2 Å². The molecular weight excluding hydrogens is 309 g/mol. The first-order chi connectivity index (χ1) is 8.45. The van der Waals surface area contributed by atoms with Crippen LogP contribution in [0.1, 0.15) is 16.8 Å². The number of hydrogen-bond donors (Lipinski definition) is 3. The maximum atomic E-state index is 13.0. The SMILES string of the molecule is O=C(N[C@H](CCO)C(=O)O)c1cc(F)ccc1Br. The molecule has 0 unspecified atom stereocenters. The van der Waals surface area contributed by atoms with Gasteiger partial charge in [-0.1, -0.05) is 0 Å². The average Bonchev–Trinajstić information content (AvgIpc) is 2.31. The number of amides is 1. The van der Waals surface area contributed by atoms with Gasteiger partial charge >= 0.3 is 5.97 Å². The average molecular weight is 320 g/mol. The fraction of sp³-hybridized carbons (Fsp3) is 0.273. The molecule has 7 heteroatoms. The molecule has 0 aliphatic carbocycles. The van der Waals surface area contributed by atoms with Crippen molar-refractivity contribution in [2.75, 3.05) is 6.61 Å². The minimum atomic E-state index is -1.26. The lowest BCUT2D eigenvalue weighted by atomic mass is 10.1. The molecule has 0 radical (unpaired) electrons. The molecule has 0 saturated carbocycles. The van der Waals surface area contributed by atoms with Gasteiger partial charge in [0.25, 0.3) is 5.91 Å². The topological polar surface area (TPSA) is 86.6 Å². The van der Waals surface area contributed by atoms with Gasteiger partial charge in [0, 0.05) is 17.5 Å². The molecule has 1 aromatic carbocycles. The van der Waals surface area contributed by atoms with E-state index < -0.39 is 23.7 Å².